The van der Waals surface area contributed by atoms with Gasteiger partial charge >= 0.3 is 0 Å². The third kappa shape index (κ3) is 3.21. The molecule has 2 heteroatoms. The third-order valence-electron chi connectivity index (χ3n) is 7.87. The SMILES string of the molecule is N#Cc1ccc(-c2c3ccccc3c(-c3cccc4oc5cc6ccccc6cc5c34)c3ccccc23)cc1. The fourth-order valence-corrected chi connectivity index (χ4v) is 6.16. The number of nitriles is 1. The topological polar surface area (TPSA) is 36.9 Å². The molecule has 0 N–H and O–H groups in total. The summed E-state index contributed by atoms with van der Waals surface area (Å²) in [5.74, 6) is 0. The molecule has 0 saturated heterocycles. The van der Waals surface area contributed by atoms with Crippen LogP contribution in [0.15, 0.2) is 132 Å². The standard InChI is InChI=1S/C37H21NO/c38-22-23-16-18-24(19-17-23)35-27-10-3-5-12-29(27)36(30-13-6-4-11-28(30)35)31-14-7-15-33-37(31)32-20-25-8-1-2-9-26(25)21-34(32)39-33/h1-21H. The van der Waals surface area contributed by atoms with Crippen molar-refractivity contribution in [1.82, 2.24) is 0 Å². The van der Waals surface area contributed by atoms with E-state index >= 15 is 0 Å². The molecule has 0 fully saturated rings. The Morgan fingerprint density at radius 1 is 0.487 bits per heavy atom. The largest absolute Gasteiger partial charge is 0.456 e. The summed E-state index contributed by atoms with van der Waals surface area (Å²) in [6, 6.07) is 46.7. The summed E-state index contributed by atoms with van der Waals surface area (Å²) in [5.41, 5.74) is 7.12. The van der Waals surface area contributed by atoms with Gasteiger partial charge in [0.2, 0.25) is 0 Å². The van der Waals surface area contributed by atoms with E-state index in [-0.39, 0.29) is 0 Å². The van der Waals surface area contributed by atoms with E-state index in [1.807, 2.05) is 12.1 Å². The van der Waals surface area contributed by atoms with Gasteiger partial charge in [-0.25, -0.2) is 0 Å². The van der Waals surface area contributed by atoms with Crippen molar-refractivity contribution in [3.8, 4) is 28.3 Å². The number of furan rings is 1. The van der Waals surface area contributed by atoms with Gasteiger partial charge in [-0.1, -0.05) is 97.1 Å². The van der Waals surface area contributed by atoms with E-state index in [2.05, 4.69) is 121 Å². The predicted octanol–water partition coefficient (Wildman–Crippen LogP) is 10.3. The summed E-state index contributed by atoms with van der Waals surface area (Å²) in [6.45, 7) is 0. The van der Waals surface area contributed by atoms with Crippen LogP contribution in [0.4, 0.5) is 0 Å². The summed E-state index contributed by atoms with van der Waals surface area (Å²) in [4.78, 5) is 0. The van der Waals surface area contributed by atoms with Crippen molar-refractivity contribution in [3.63, 3.8) is 0 Å². The molecular formula is C37H21NO. The van der Waals surface area contributed by atoms with Crippen LogP contribution in [-0.4, -0.2) is 0 Å². The van der Waals surface area contributed by atoms with Crippen LogP contribution in [0.25, 0.3) is 76.5 Å². The van der Waals surface area contributed by atoms with Gasteiger partial charge in [-0.15, -0.1) is 0 Å². The minimum absolute atomic E-state index is 0.662. The van der Waals surface area contributed by atoms with Gasteiger partial charge in [0.05, 0.1) is 11.6 Å². The number of benzene rings is 7. The average Bonchev–Trinajstić information content (AvgIpc) is 3.36. The molecule has 0 saturated carbocycles. The summed E-state index contributed by atoms with van der Waals surface area (Å²) < 4.78 is 6.44. The van der Waals surface area contributed by atoms with Gasteiger partial charge in [0.25, 0.3) is 0 Å². The van der Waals surface area contributed by atoms with Crippen LogP contribution >= 0.6 is 0 Å². The van der Waals surface area contributed by atoms with Crippen LogP contribution < -0.4 is 0 Å². The van der Waals surface area contributed by atoms with Crippen LogP contribution in [0.3, 0.4) is 0 Å². The molecule has 0 atom stereocenters. The van der Waals surface area contributed by atoms with Crippen molar-refractivity contribution >= 4 is 54.3 Å². The van der Waals surface area contributed by atoms with E-state index < -0.39 is 0 Å². The van der Waals surface area contributed by atoms with E-state index in [9.17, 15) is 5.26 Å². The number of nitrogens with zero attached hydrogens (tertiary/aromatic N) is 1. The molecule has 7 aromatic carbocycles. The molecule has 0 radical (unpaired) electrons. The average molecular weight is 496 g/mol. The second-order valence-corrected chi connectivity index (χ2v) is 10.0. The molecule has 2 nitrogen and oxygen atoms in total. The van der Waals surface area contributed by atoms with Crippen LogP contribution in [-0.2, 0) is 0 Å². The Hall–Kier alpha value is -5.39. The lowest BCUT2D eigenvalue weighted by Crippen LogP contribution is -1.91. The Balaban J connectivity index is 1.53. The maximum absolute atomic E-state index is 9.35. The molecule has 8 rings (SSSR count). The van der Waals surface area contributed by atoms with Crippen molar-refractivity contribution in [2.45, 2.75) is 0 Å². The van der Waals surface area contributed by atoms with Gasteiger partial charge in [-0.2, -0.15) is 5.26 Å². The number of rotatable bonds is 2. The molecule has 1 aromatic heterocycles. The van der Waals surface area contributed by atoms with Crippen LogP contribution in [0.5, 0.6) is 0 Å². The fraction of sp³-hybridized carbons (Fsp3) is 0. The Kier molecular flexibility index (Phi) is 4.62. The Bertz CT molecular complexity index is 2220. The minimum Gasteiger partial charge on any atom is -0.456 e. The molecule has 8 aromatic rings. The molecule has 39 heavy (non-hydrogen) atoms. The van der Waals surface area contributed by atoms with Crippen LogP contribution in [0.1, 0.15) is 5.56 Å². The molecule has 0 spiro atoms. The highest BCUT2D eigenvalue weighted by molar-refractivity contribution is 6.26. The second-order valence-electron chi connectivity index (χ2n) is 10.0. The molecule has 1 heterocycles. The van der Waals surface area contributed by atoms with Gasteiger partial charge in [0, 0.05) is 10.8 Å². The maximum Gasteiger partial charge on any atom is 0.136 e. The number of hydrogen-bond acceptors (Lipinski definition) is 2. The zero-order valence-electron chi connectivity index (χ0n) is 21.0. The van der Waals surface area contributed by atoms with Crippen LogP contribution in [0.2, 0.25) is 0 Å². The summed E-state index contributed by atoms with van der Waals surface area (Å²) in [7, 11) is 0. The van der Waals surface area contributed by atoms with Crippen molar-refractivity contribution in [2.24, 2.45) is 0 Å². The first kappa shape index (κ1) is 21.7. The monoisotopic (exact) mass is 495 g/mol. The highest BCUT2D eigenvalue weighted by Crippen LogP contribution is 2.47. The number of hydrogen-bond donors (Lipinski definition) is 0. The lowest BCUT2D eigenvalue weighted by atomic mass is 9.85. The third-order valence-corrected chi connectivity index (χ3v) is 7.87. The normalized spacial score (nSPS) is 11.6. The quantitative estimate of drug-likeness (QED) is 0.224. The summed E-state index contributed by atoms with van der Waals surface area (Å²) in [5, 5.41) is 18.8. The Morgan fingerprint density at radius 2 is 1.08 bits per heavy atom. The molecular weight excluding hydrogens is 474 g/mol. The van der Waals surface area contributed by atoms with Gasteiger partial charge < -0.3 is 4.42 Å². The Labute approximate surface area is 225 Å². The van der Waals surface area contributed by atoms with Gasteiger partial charge in [0.15, 0.2) is 0 Å². The van der Waals surface area contributed by atoms with Crippen molar-refractivity contribution < 1.29 is 4.42 Å². The van der Waals surface area contributed by atoms with E-state index in [0.29, 0.717) is 5.56 Å². The van der Waals surface area contributed by atoms with Crippen molar-refractivity contribution in [3.05, 3.63) is 133 Å². The second kappa shape index (κ2) is 8.31. The smallest absolute Gasteiger partial charge is 0.136 e. The van der Waals surface area contributed by atoms with E-state index in [1.165, 1.54) is 49.0 Å². The molecule has 0 amide bonds. The highest BCUT2D eigenvalue weighted by atomic mass is 16.3. The maximum atomic E-state index is 9.35. The van der Waals surface area contributed by atoms with Gasteiger partial charge in [-0.05, 0) is 84.9 Å². The minimum atomic E-state index is 0.662. The van der Waals surface area contributed by atoms with E-state index in [0.717, 1.165) is 27.5 Å². The summed E-state index contributed by atoms with van der Waals surface area (Å²) in [6.07, 6.45) is 0. The van der Waals surface area contributed by atoms with Crippen molar-refractivity contribution in [2.75, 3.05) is 0 Å². The first-order valence-corrected chi connectivity index (χ1v) is 13.1. The number of fused-ring (bicyclic) bond motifs is 6. The molecule has 0 aliphatic rings. The predicted molar refractivity (Wildman–Crippen MR) is 162 cm³/mol. The van der Waals surface area contributed by atoms with Crippen LogP contribution in [0, 0.1) is 11.3 Å². The van der Waals surface area contributed by atoms with E-state index in [4.69, 9.17) is 4.42 Å². The lowest BCUT2D eigenvalue weighted by Gasteiger charge is -2.18. The zero-order valence-corrected chi connectivity index (χ0v) is 21.0. The Morgan fingerprint density at radius 3 is 1.72 bits per heavy atom. The molecule has 0 unspecified atom stereocenters. The van der Waals surface area contributed by atoms with Gasteiger partial charge in [-0.3, -0.25) is 0 Å². The molecule has 0 aliphatic carbocycles. The summed E-state index contributed by atoms with van der Waals surface area (Å²) >= 11 is 0. The van der Waals surface area contributed by atoms with E-state index in [1.54, 1.807) is 0 Å². The lowest BCUT2D eigenvalue weighted by molar-refractivity contribution is 0.669. The van der Waals surface area contributed by atoms with Crippen molar-refractivity contribution in [1.29, 1.82) is 5.26 Å². The fourth-order valence-electron chi connectivity index (χ4n) is 6.16. The molecule has 180 valence electrons. The molecule has 0 bridgehead atoms. The van der Waals surface area contributed by atoms with Gasteiger partial charge in [0.1, 0.15) is 11.2 Å². The molecule has 0 aliphatic heterocycles. The highest BCUT2D eigenvalue weighted by Gasteiger charge is 2.20. The first-order valence-electron chi connectivity index (χ1n) is 13.1. The zero-order chi connectivity index (χ0) is 25.9. The first-order chi connectivity index (χ1) is 19.3.